The van der Waals surface area contributed by atoms with E-state index < -0.39 is 0 Å². The molecule has 1 atom stereocenters. The molecular weight excluding hydrogens is 344 g/mol. The van der Waals surface area contributed by atoms with E-state index in [0.29, 0.717) is 24.9 Å². The van der Waals surface area contributed by atoms with Crippen LogP contribution in [0.4, 0.5) is 0 Å². The van der Waals surface area contributed by atoms with Crippen molar-refractivity contribution in [2.75, 3.05) is 20.3 Å². The molecule has 1 aromatic carbocycles. The van der Waals surface area contributed by atoms with Gasteiger partial charge in [-0.25, -0.2) is 4.68 Å². The molecule has 1 amide bonds. The zero-order valence-corrected chi connectivity index (χ0v) is 15.9. The molecule has 2 aromatic rings. The van der Waals surface area contributed by atoms with E-state index in [4.69, 9.17) is 9.47 Å². The van der Waals surface area contributed by atoms with Crippen LogP contribution < -0.4 is 9.47 Å². The van der Waals surface area contributed by atoms with E-state index in [2.05, 4.69) is 10.3 Å². The molecule has 7 nitrogen and oxygen atoms in total. The lowest BCUT2D eigenvalue weighted by Crippen LogP contribution is -2.30. The van der Waals surface area contributed by atoms with Crippen LogP contribution in [0, 0.1) is 0 Å². The number of carbonyl (C=O) groups excluding carboxylic acids is 1. The first-order valence-electron chi connectivity index (χ1n) is 9.72. The smallest absolute Gasteiger partial charge is 0.276 e. The van der Waals surface area contributed by atoms with Gasteiger partial charge in [0.05, 0.1) is 18.3 Å². The molecule has 2 heterocycles. The molecule has 144 valence electrons. The minimum Gasteiger partial charge on any atom is -0.486 e. The normalized spacial score (nSPS) is 18.1. The van der Waals surface area contributed by atoms with Gasteiger partial charge in [-0.2, -0.15) is 0 Å². The van der Waals surface area contributed by atoms with Crippen molar-refractivity contribution in [2.24, 2.45) is 0 Å². The van der Waals surface area contributed by atoms with Crippen LogP contribution in [0.2, 0.25) is 0 Å². The summed E-state index contributed by atoms with van der Waals surface area (Å²) in [7, 11) is 1.80. The van der Waals surface area contributed by atoms with Crippen LogP contribution in [0.3, 0.4) is 0 Å². The first-order valence-corrected chi connectivity index (χ1v) is 9.72. The van der Waals surface area contributed by atoms with Crippen LogP contribution in [0.5, 0.6) is 11.5 Å². The SMILES string of the molecule is C[C@H](c1ccc2c(c1)OCCO2)N(C)C(=O)c1cn(C2CCCCC2)nn1. The maximum absolute atomic E-state index is 12.9. The lowest BCUT2D eigenvalue weighted by Gasteiger charge is -2.26. The highest BCUT2D eigenvalue weighted by Crippen LogP contribution is 2.34. The minimum atomic E-state index is -0.126. The molecule has 1 aromatic heterocycles. The summed E-state index contributed by atoms with van der Waals surface area (Å²) < 4.78 is 13.1. The topological polar surface area (TPSA) is 69.5 Å². The molecule has 0 unspecified atom stereocenters. The predicted octanol–water partition coefficient (Wildman–Crippen LogP) is 3.39. The second-order valence-electron chi connectivity index (χ2n) is 7.37. The van der Waals surface area contributed by atoms with E-state index in [9.17, 15) is 4.79 Å². The fourth-order valence-corrected chi connectivity index (χ4v) is 3.80. The largest absolute Gasteiger partial charge is 0.486 e. The average Bonchev–Trinajstić information content (AvgIpc) is 3.22. The summed E-state index contributed by atoms with van der Waals surface area (Å²) in [5, 5.41) is 8.35. The fourth-order valence-electron chi connectivity index (χ4n) is 3.80. The van der Waals surface area contributed by atoms with E-state index in [1.54, 1.807) is 18.1 Å². The Kier molecular flexibility index (Phi) is 5.01. The van der Waals surface area contributed by atoms with Crippen molar-refractivity contribution in [3.63, 3.8) is 0 Å². The van der Waals surface area contributed by atoms with Crippen molar-refractivity contribution in [3.05, 3.63) is 35.7 Å². The molecule has 1 aliphatic carbocycles. The van der Waals surface area contributed by atoms with Crippen LogP contribution in [0.1, 0.15) is 67.2 Å². The van der Waals surface area contributed by atoms with Gasteiger partial charge >= 0.3 is 0 Å². The number of aromatic nitrogens is 3. The third-order valence-corrected chi connectivity index (χ3v) is 5.63. The third-order valence-electron chi connectivity index (χ3n) is 5.63. The van der Waals surface area contributed by atoms with Gasteiger partial charge in [0, 0.05) is 7.05 Å². The summed E-state index contributed by atoms with van der Waals surface area (Å²) in [6, 6.07) is 6.07. The van der Waals surface area contributed by atoms with E-state index >= 15 is 0 Å². The maximum atomic E-state index is 12.9. The second kappa shape index (κ2) is 7.58. The Labute approximate surface area is 159 Å². The number of nitrogens with zero attached hydrogens (tertiary/aromatic N) is 4. The van der Waals surface area contributed by atoms with Gasteiger partial charge in [0.25, 0.3) is 5.91 Å². The molecule has 0 saturated heterocycles. The minimum absolute atomic E-state index is 0.117. The van der Waals surface area contributed by atoms with Crippen molar-refractivity contribution in [1.82, 2.24) is 19.9 Å². The number of amides is 1. The number of hydrogen-bond donors (Lipinski definition) is 0. The Morgan fingerprint density at radius 2 is 1.93 bits per heavy atom. The summed E-state index contributed by atoms with van der Waals surface area (Å²) >= 11 is 0. The highest BCUT2D eigenvalue weighted by atomic mass is 16.6. The van der Waals surface area contributed by atoms with Gasteiger partial charge in [-0.3, -0.25) is 4.79 Å². The van der Waals surface area contributed by atoms with Crippen molar-refractivity contribution >= 4 is 5.91 Å². The van der Waals surface area contributed by atoms with Crippen LogP contribution in [0.15, 0.2) is 24.4 Å². The summed E-state index contributed by atoms with van der Waals surface area (Å²) in [6.45, 7) is 3.11. The van der Waals surface area contributed by atoms with Crippen LogP contribution >= 0.6 is 0 Å². The molecule has 27 heavy (non-hydrogen) atoms. The molecule has 0 spiro atoms. The molecule has 4 rings (SSSR count). The first-order chi connectivity index (χ1) is 13.1. The fraction of sp³-hybridized carbons (Fsp3) is 0.550. The van der Waals surface area contributed by atoms with Gasteiger partial charge in [0.2, 0.25) is 0 Å². The quantitative estimate of drug-likeness (QED) is 0.825. The van der Waals surface area contributed by atoms with Crippen molar-refractivity contribution in [2.45, 2.75) is 51.1 Å². The van der Waals surface area contributed by atoms with Crippen molar-refractivity contribution in [3.8, 4) is 11.5 Å². The Balaban J connectivity index is 1.47. The molecule has 0 radical (unpaired) electrons. The van der Waals surface area contributed by atoms with Gasteiger partial charge < -0.3 is 14.4 Å². The van der Waals surface area contributed by atoms with Gasteiger partial charge in [-0.1, -0.05) is 30.5 Å². The monoisotopic (exact) mass is 370 g/mol. The van der Waals surface area contributed by atoms with Crippen molar-refractivity contribution in [1.29, 1.82) is 0 Å². The summed E-state index contributed by atoms with van der Waals surface area (Å²) in [5.74, 6) is 1.36. The number of fused-ring (bicyclic) bond motifs is 1. The van der Waals surface area contributed by atoms with Gasteiger partial charge in [-0.15, -0.1) is 5.10 Å². The Morgan fingerprint density at radius 1 is 1.19 bits per heavy atom. The van der Waals surface area contributed by atoms with Gasteiger partial charge in [-0.05, 0) is 37.5 Å². The Bertz CT molecular complexity index is 813. The molecule has 1 fully saturated rings. The van der Waals surface area contributed by atoms with E-state index in [-0.39, 0.29) is 11.9 Å². The molecular formula is C20H26N4O3. The van der Waals surface area contributed by atoms with E-state index in [1.165, 1.54) is 19.3 Å². The molecule has 1 saturated carbocycles. The van der Waals surface area contributed by atoms with E-state index in [1.807, 2.05) is 29.8 Å². The molecule has 7 heteroatoms. The zero-order chi connectivity index (χ0) is 18.8. The highest BCUT2D eigenvalue weighted by molar-refractivity contribution is 5.92. The lowest BCUT2D eigenvalue weighted by atomic mass is 9.96. The molecule has 2 aliphatic rings. The third kappa shape index (κ3) is 3.63. The number of rotatable bonds is 4. The molecule has 1 aliphatic heterocycles. The zero-order valence-electron chi connectivity index (χ0n) is 15.9. The standard InChI is InChI=1S/C20H26N4O3/c1-14(15-8-9-18-19(12-15)27-11-10-26-18)23(2)20(25)17-13-24(22-21-17)16-6-4-3-5-7-16/h8-9,12-14,16H,3-7,10-11H2,1-2H3/t14-/m1/s1. The maximum Gasteiger partial charge on any atom is 0.276 e. The first kappa shape index (κ1) is 17.8. The number of benzene rings is 1. The van der Waals surface area contributed by atoms with Crippen LogP contribution in [0.25, 0.3) is 0 Å². The summed E-state index contributed by atoms with van der Waals surface area (Å²) in [5.41, 5.74) is 1.39. The average molecular weight is 370 g/mol. The van der Waals surface area contributed by atoms with Crippen LogP contribution in [-0.4, -0.2) is 46.1 Å². The number of carbonyl (C=O) groups is 1. The lowest BCUT2D eigenvalue weighted by molar-refractivity contribution is 0.0736. The summed E-state index contributed by atoms with van der Waals surface area (Å²) in [6.07, 6.45) is 7.74. The van der Waals surface area contributed by atoms with Gasteiger partial charge in [0.1, 0.15) is 13.2 Å². The van der Waals surface area contributed by atoms with Crippen LogP contribution in [-0.2, 0) is 0 Å². The molecule has 0 bridgehead atoms. The predicted molar refractivity (Wildman–Crippen MR) is 100 cm³/mol. The number of ether oxygens (including phenoxy) is 2. The van der Waals surface area contributed by atoms with E-state index in [0.717, 1.165) is 29.9 Å². The Hall–Kier alpha value is -2.57. The summed E-state index contributed by atoms with van der Waals surface area (Å²) in [4.78, 5) is 14.6. The highest BCUT2D eigenvalue weighted by Gasteiger charge is 2.25. The van der Waals surface area contributed by atoms with Crippen molar-refractivity contribution < 1.29 is 14.3 Å². The number of hydrogen-bond acceptors (Lipinski definition) is 5. The Morgan fingerprint density at radius 3 is 2.70 bits per heavy atom. The molecule has 0 N–H and O–H groups in total. The second-order valence-corrected chi connectivity index (χ2v) is 7.37. The van der Waals surface area contributed by atoms with Gasteiger partial charge in [0.15, 0.2) is 17.2 Å².